The van der Waals surface area contributed by atoms with Crippen LogP contribution in [0.1, 0.15) is 18.4 Å². The highest BCUT2D eigenvalue weighted by Crippen LogP contribution is 2.23. The van der Waals surface area contributed by atoms with Gasteiger partial charge in [-0.15, -0.1) is 0 Å². The van der Waals surface area contributed by atoms with Crippen LogP contribution in [-0.2, 0) is 21.1 Å². The molecule has 1 aliphatic heterocycles. The summed E-state index contributed by atoms with van der Waals surface area (Å²) in [5, 5.41) is 0. The lowest BCUT2D eigenvalue weighted by Gasteiger charge is -2.07. The zero-order valence-corrected chi connectivity index (χ0v) is 12.6. The largest absolute Gasteiger partial charge is 0.299 e. The average Bonchev–Trinajstić information content (AvgIpc) is 2.63. The molecular formula is C13H14BrFO3S. The van der Waals surface area contributed by atoms with Gasteiger partial charge in [0.2, 0.25) is 0 Å². The van der Waals surface area contributed by atoms with Crippen molar-refractivity contribution in [3.63, 3.8) is 0 Å². The molecule has 3 nitrogen and oxygen atoms in total. The fraction of sp³-hybridized carbons (Fsp3) is 0.462. The van der Waals surface area contributed by atoms with Gasteiger partial charge in [-0.2, -0.15) is 0 Å². The van der Waals surface area contributed by atoms with Crippen LogP contribution in [0.15, 0.2) is 22.7 Å². The van der Waals surface area contributed by atoms with Crippen LogP contribution in [0.5, 0.6) is 0 Å². The van der Waals surface area contributed by atoms with E-state index in [9.17, 15) is 17.6 Å². The lowest BCUT2D eigenvalue weighted by molar-refractivity contribution is -0.119. The van der Waals surface area contributed by atoms with E-state index in [0.717, 1.165) is 5.56 Å². The highest BCUT2D eigenvalue weighted by Gasteiger charge is 2.29. The average molecular weight is 349 g/mol. The van der Waals surface area contributed by atoms with E-state index in [1.54, 1.807) is 12.1 Å². The second-order valence-corrected chi connectivity index (χ2v) is 8.02. The molecule has 0 radical (unpaired) electrons. The van der Waals surface area contributed by atoms with Gasteiger partial charge < -0.3 is 0 Å². The summed E-state index contributed by atoms with van der Waals surface area (Å²) in [5.41, 5.74) is 0.735. The monoisotopic (exact) mass is 348 g/mol. The van der Waals surface area contributed by atoms with Crippen LogP contribution in [0, 0.1) is 11.7 Å². The second-order valence-electron chi connectivity index (χ2n) is 4.94. The van der Waals surface area contributed by atoms with Gasteiger partial charge >= 0.3 is 0 Å². The third-order valence-corrected chi connectivity index (χ3v) is 5.67. The molecule has 1 saturated heterocycles. The normalized spacial score (nSPS) is 21.5. The summed E-state index contributed by atoms with van der Waals surface area (Å²) in [5.74, 6) is -0.112. The van der Waals surface area contributed by atoms with E-state index >= 15 is 0 Å². The maximum absolute atomic E-state index is 13.1. The van der Waals surface area contributed by atoms with Gasteiger partial charge in [-0.1, -0.05) is 6.07 Å². The van der Waals surface area contributed by atoms with E-state index in [2.05, 4.69) is 15.9 Å². The Bertz CT molecular complexity index is 598. The number of sulfone groups is 1. The van der Waals surface area contributed by atoms with Crippen LogP contribution in [-0.4, -0.2) is 25.7 Å². The highest BCUT2D eigenvalue weighted by atomic mass is 79.9. The maximum Gasteiger partial charge on any atom is 0.150 e. The Morgan fingerprint density at radius 3 is 2.74 bits per heavy atom. The quantitative estimate of drug-likeness (QED) is 0.839. The summed E-state index contributed by atoms with van der Waals surface area (Å²) in [6.07, 6.45) is 1.07. The molecule has 1 fully saturated rings. The summed E-state index contributed by atoms with van der Waals surface area (Å²) < 4.78 is 36.0. The Balaban J connectivity index is 1.93. The van der Waals surface area contributed by atoms with Gasteiger partial charge in [-0.25, -0.2) is 12.8 Å². The molecule has 1 heterocycles. The summed E-state index contributed by atoms with van der Waals surface area (Å²) in [4.78, 5) is 11.9. The van der Waals surface area contributed by atoms with Crippen LogP contribution in [0.3, 0.4) is 0 Å². The molecule has 104 valence electrons. The van der Waals surface area contributed by atoms with E-state index in [-0.39, 0.29) is 41.9 Å². The minimum Gasteiger partial charge on any atom is -0.299 e. The highest BCUT2D eigenvalue weighted by molar-refractivity contribution is 9.10. The molecule has 1 aliphatic rings. The van der Waals surface area contributed by atoms with Crippen molar-refractivity contribution in [1.29, 1.82) is 0 Å². The van der Waals surface area contributed by atoms with Crippen LogP contribution < -0.4 is 0 Å². The molecular weight excluding hydrogens is 335 g/mol. The molecule has 0 spiro atoms. The van der Waals surface area contributed by atoms with Gasteiger partial charge in [0.25, 0.3) is 0 Å². The van der Waals surface area contributed by atoms with Crippen molar-refractivity contribution >= 4 is 31.6 Å². The Morgan fingerprint density at radius 1 is 1.42 bits per heavy atom. The zero-order chi connectivity index (χ0) is 14.0. The fourth-order valence-corrected chi connectivity index (χ4v) is 4.59. The second kappa shape index (κ2) is 5.71. The van der Waals surface area contributed by atoms with Crippen LogP contribution in [0.4, 0.5) is 4.39 Å². The molecule has 0 N–H and O–H groups in total. The third-order valence-electron chi connectivity index (χ3n) is 3.23. The topological polar surface area (TPSA) is 51.2 Å². The van der Waals surface area contributed by atoms with Gasteiger partial charge in [0.05, 0.1) is 16.0 Å². The Hall–Kier alpha value is -0.750. The van der Waals surface area contributed by atoms with Crippen LogP contribution >= 0.6 is 15.9 Å². The zero-order valence-electron chi connectivity index (χ0n) is 10.2. The van der Waals surface area contributed by atoms with Crippen molar-refractivity contribution < 1.29 is 17.6 Å². The smallest absolute Gasteiger partial charge is 0.150 e. The first-order valence-corrected chi connectivity index (χ1v) is 8.63. The SMILES string of the molecule is O=C(Cc1ccc(F)c(Br)c1)CC1CCS(=O)(=O)C1. The van der Waals surface area contributed by atoms with Crippen LogP contribution in [0.2, 0.25) is 0 Å². The minimum atomic E-state index is -2.94. The summed E-state index contributed by atoms with van der Waals surface area (Å²) in [6.45, 7) is 0. The lowest BCUT2D eigenvalue weighted by atomic mass is 9.98. The first kappa shape index (κ1) is 14.7. The third kappa shape index (κ3) is 4.11. The molecule has 1 atom stereocenters. The number of halogens is 2. The Morgan fingerprint density at radius 2 is 2.16 bits per heavy atom. The van der Waals surface area contributed by atoms with Gasteiger partial charge in [-0.05, 0) is 46.0 Å². The standard InChI is InChI=1S/C13H14BrFO3S/c14-12-7-9(1-2-13(12)15)5-11(16)6-10-3-4-19(17,18)8-10/h1-2,7,10H,3-6,8H2. The predicted octanol–water partition coefficient (Wildman–Crippen LogP) is 2.52. The summed E-state index contributed by atoms with van der Waals surface area (Å²) in [7, 11) is -2.94. The van der Waals surface area contributed by atoms with E-state index in [1.165, 1.54) is 6.07 Å². The number of rotatable bonds is 4. The van der Waals surface area contributed by atoms with E-state index in [0.29, 0.717) is 10.9 Å². The fourth-order valence-electron chi connectivity index (χ4n) is 2.30. The van der Waals surface area contributed by atoms with Crippen molar-refractivity contribution in [3.05, 3.63) is 34.1 Å². The first-order valence-electron chi connectivity index (χ1n) is 6.02. The number of ketones is 1. The number of hydrogen-bond donors (Lipinski definition) is 0. The van der Waals surface area contributed by atoms with E-state index < -0.39 is 9.84 Å². The minimum absolute atomic E-state index is 0.000563. The molecule has 0 aliphatic carbocycles. The molecule has 2 rings (SSSR count). The number of carbonyl (C=O) groups is 1. The van der Waals surface area contributed by atoms with Crippen molar-refractivity contribution in [3.8, 4) is 0 Å². The number of carbonyl (C=O) groups excluding carboxylic acids is 1. The molecule has 1 unspecified atom stereocenters. The van der Waals surface area contributed by atoms with E-state index in [1.807, 2.05) is 0 Å². The molecule has 0 amide bonds. The first-order chi connectivity index (χ1) is 8.85. The van der Waals surface area contributed by atoms with Crippen molar-refractivity contribution in [2.24, 2.45) is 5.92 Å². The number of benzene rings is 1. The predicted molar refractivity (Wildman–Crippen MR) is 74.2 cm³/mol. The molecule has 19 heavy (non-hydrogen) atoms. The van der Waals surface area contributed by atoms with Crippen LogP contribution in [0.25, 0.3) is 0 Å². The molecule has 0 bridgehead atoms. The lowest BCUT2D eigenvalue weighted by Crippen LogP contribution is -2.12. The molecule has 6 heteroatoms. The van der Waals surface area contributed by atoms with Gasteiger partial charge in [-0.3, -0.25) is 4.79 Å². The summed E-state index contributed by atoms with van der Waals surface area (Å²) >= 11 is 3.07. The Kier molecular flexibility index (Phi) is 4.40. The van der Waals surface area contributed by atoms with Gasteiger partial charge in [0.15, 0.2) is 9.84 Å². The maximum atomic E-state index is 13.1. The van der Waals surface area contributed by atoms with Crippen molar-refractivity contribution in [2.75, 3.05) is 11.5 Å². The summed E-state index contributed by atoms with van der Waals surface area (Å²) in [6, 6.07) is 4.47. The molecule has 0 saturated carbocycles. The number of hydrogen-bond acceptors (Lipinski definition) is 3. The molecule has 1 aromatic carbocycles. The van der Waals surface area contributed by atoms with Gasteiger partial charge in [0.1, 0.15) is 11.6 Å². The van der Waals surface area contributed by atoms with Crippen molar-refractivity contribution in [1.82, 2.24) is 0 Å². The van der Waals surface area contributed by atoms with E-state index in [4.69, 9.17) is 0 Å². The number of Topliss-reactive ketones (excluding diaryl/α,β-unsaturated/α-hetero) is 1. The van der Waals surface area contributed by atoms with Gasteiger partial charge in [0, 0.05) is 12.8 Å². The van der Waals surface area contributed by atoms with Crippen molar-refractivity contribution in [2.45, 2.75) is 19.3 Å². The Labute approximate surface area is 120 Å². The molecule has 0 aromatic heterocycles. The molecule has 1 aromatic rings.